The topological polar surface area (TPSA) is 86.5 Å². The molecule has 0 saturated heterocycles. The number of aryl methyl sites for hydroxylation is 3. The normalized spacial score (nSPS) is 14.0. The third-order valence-corrected chi connectivity index (χ3v) is 4.41. The zero-order valence-corrected chi connectivity index (χ0v) is 13.1. The lowest BCUT2D eigenvalue weighted by Gasteiger charge is -2.10. The van der Waals surface area contributed by atoms with Crippen LogP contribution in [0.5, 0.6) is 0 Å². The molecule has 2 aromatic heterocycles. The number of hydrogen-bond donors (Lipinski definition) is 3. The molecule has 0 unspecified atom stereocenters. The molecule has 6 nitrogen and oxygen atoms in total. The number of aromatic nitrogens is 4. The fourth-order valence-corrected chi connectivity index (χ4v) is 3.28. The highest BCUT2D eigenvalue weighted by Crippen LogP contribution is 2.29. The van der Waals surface area contributed by atoms with Gasteiger partial charge in [0.1, 0.15) is 5.82 Å². The van der Waals surface area contributed by atoms with Gasteiger partial charge in [-0.05, 0) is 56.4 Å². The van der Waals surface area contributed by atoms with Crippen LogP contribution < -0.4 is 5.32 Å². The number of nitrogens with zero attached hydrogens (tertiary/aromatic N) is 2. The molecule has 1 aromatic carbocycles. The van der Waals surface area contributed by atoms with Gasteiger partial charge >= 0.3 is 0 Å². The Morgan fingerprint density at radius 2 is 2.17 bits per heavy atom. The van der Waals surface area contributed by atoms with E-state index in [1.165, 1.54) is 29.5 Å². The van der Waals surface area contributed by atoms with Gasteiger partial charge in [-0.2, -0.15) is 5.10 Å². The Morgan fingerprint density at radius 1 is 1.30 bits per heavy atom. The molecule has 0 aliphatic heterocycles. The van der Waals surface area contributed by atoms with Crippen LogP contribution in [0, 0.1) is 6.92 Å². The Hall–Kier alpha value is -2.63. The molecule has 0 radical (unpaired) electrons. The zero-order chi connectivity index (χ0) is 15.8. The van der Waals surface area contributed by atoms with Crippen LogP contribution in [-0.2, 0) is 19.4 Å². The largest absolute Gasteiger partial charge is 0.358 e. The van der Waals surface area contributed by atoms with Crippen molar-refractivity contribution < 1.29 is 4.79 Å². The van der Waals surface area contributed by atoms with Gasteiger partial charge in [-0.3, -0.25) is 9.89 Å². The summed E-state index contributed by atoms with van der Waals surface area (Å²) in [6, 6.07) is 5.86. The number of carbonyl (C=O) groups is 1. The molecule has 4 rings (SSSR count). The van der Waals surface area contributed by atoms with E-state index in [1.807, 2.05) is 25.1 Å². The average Bonchev–Trinajstić information content (AvgIpc) is 3.15. The summed E-state index contributed by atoms with van der Waals surface area (Å²) in [6.45, 7) is 2.16. The van der Waals surface area contributed by atoms with Crippen LogP contribution >= 0.6 is 0 Å². The fourth-order valence-electron chi connectivity index (χ4n) is 3.28. The first-order valence-electron chi connectivity index (χ1n) is 8.00. The first-order valence-corrected chi connectivity index (χ1v) is 8.00. The van der Waals surface area contributed by atoms with E-state index in [9.17, 15) is 4.79 Å². The second kappa shape index (κ2) is 5.53. The van der Waals surface area contributed by atoms with Crippen molar-refractivity contribution in [1.82, 2.24) is 25.5 Å². The predicted molar refractivity (Wildman–Crippen MR) is 87.2 cm³/mol. The molecule has 23 heavy (non-hydrogen) atoms. The number of fused-ring (bicyclic) bond motifs is 3. The highest BCUT2D eigenvalue weighted by molar-refractivity contribution is 5.99. The first-order chi connectivity index (χ1) is 11.2. The Labute approximate surface area is 133 Å². The third kappa shape index (κ3) is 2.60. The summed E-state index contributed by atoms with van der Waals surface area (Å²) in [5.41, 5.74) is 4.51. The van der Waals surface area contributed by atoms with E-state index in [0.29, 0.717) is 17.9 Å². The Kier molecular flexibility index (Phi) is 3.37. The molecule has 6 heteroatoms. The highest BCUT2D eigenvalue weighted by atomic mass is 16.1. The molecular weight excluding hydrogens is 290 g/mol. The third-order valence-electron chi connectivity index (χ3n) is 4.41. The molecule has 2 heterocycles. The molecular formula is C17H19N5O. The number of benzene rings is 1. The number of hydrogen-bond acceptors (Lipinski definition) is 3. The van der Waals surface area contributed by atoms with Crippen molar-refractivity contribution in [3.8, 4) is 0 Å². The number of nitrogens with one attached hydrogen (secondary N) is 3. The van der Waals surface area contributed by atoms with Gasteiger partial charge < -0.3 is 10.3 Å². The maximum absolute atomic E-state index is 12.4. The molecule has 0 atom stereocenters. The molecule has 1 aliphatic carbocycles. The van der Waals surface area contributed by atoms with E-state index in [4.69, 9.17) is 0 Å². The SMILES string of the molecule is Cc1nc(CNC(=O)c2ccc3[nH]c4c(c3c2)CCCC4)n[nH]1. The predicted octanol–water partition coefficient (Wildman–Crippen LogP) is 2.40. The second-order valence-electron chi connectivity index (χ2n) is 6.07. The number of amides is 1. The van der Waals surface area contributed by atoms with E-state index < -0.39 is 0 Å². The summed E-state index contributed by atoms with van der Waals surface area (Å²) in [4.78, 5) is 20.0. The summed E-state index contributed by atoms with van der Waals surface area (Å²) in [5.74, 6) is 1.24. The summed E-state index contributed by atoms with van der Waals surface area (Å²) < 4.78 is 0. The van der Waals surface area contributed by atoms with E-state index in [-0.39, 0.29) is 5.91 Å². The molecule has 0 saturated carbocycles. The quantitative estimate of drug-likeness (QED) is 0.694. The van der Waals surface area contributed by atoms with Gasteiger partial charge in [0.2, 0.25) is 0 Å². The van der Waals surface area contributed by atoms with Crippen molar-refractivity contribution in [2.45, 2.75) is 39.2 Å². The maximum atomic E-state index is 12.4. The number of H-pyrrole nitrogens is 2. The fraction of sp³-hybridized carbons (Fsp3) is 0.353. The van der Waals surface area contributed by atoms with Gasteiger partial charge in [0.05, 0.1) is 6.54 Å². The van der Waals surface area contributed by atoms with E-state index in [0.717, 1.165) is 24.2 Å². The summed E-state index contributed by atoms with van der Waals surface area (Å²) in [5, 5.41) is 10.8. The van der Waals surface area contributed by atoms with Gasteiger partial charge in [0, 0.05) is 22.2 Å². The van der Waals surface area contributed by atoms with Crippen LogP contribution in [0.15, 0.2) is 18.2 Å². The molecule has 118 valence electrons. The van der Waals surface area contributed by atoms with Gasteiger partial charge in [-0.25, -0.2) is 4.98 Å². The lowest BCUT2D eigenvalue weighted by atomic mass is 9.95. The molecule has 0 bridgehead atoms. The molecule has 1 amide bonds. The molecule has 3 N–H and O–H groups in total. The lowest BCUT2D eigenvalue weighted by Crippen LogP contribution is -2.23. The van der Waals surface area contributed by atoms with E-state index >= 15 is 0 Å². The minimum atomic E-state index is -0.0971. The lowest BCUT2D eigenvalue weighted by molar-refractivity contribution is 0.0950. The van der Waals surface area contributed by atoms with Crippen LogP contribution in [0.1, 0.15) is 46.1 Å². The Balaban J connectivity index is 1.57. The summed E-state index contributed by atoms with van der Waals surface area (Å²) >= 11 is 0. The van der Waals surface area contributed by atoms with E-state index in [1.54, 1.807) is 0 Å². The van der Waals surface area contributed by atoms with Crippen molar-refractivity contribution >= 4 is 16.8 Å². The minimum Gasteiger partial charge on any atom is -0.358 e. The van der Waals surface area contributed by atoms with Crippen LogP contribution in [0.2, 0.25) is 0 Å². The van der Waals surface area contributed by atoms with Crippen molar-refractivity contribution in [3.05, 3.63) is 46.7 Å². The smallest absolute Gasteiger partial charge is 0.251 e. The molecule has 1 aliphatic rings. The monoisotopic (exact) mass is 309 g/mol. The first kappa shape index (κ1) is 14.0. The number of rotatable bonds is 3. The standard InChI is InChI=1S/C17H19N5O/c1-10-19-16(22-21-10)9-18-17(23)11-6-7-15-13(8-11)12-4-2-3-5-14(12)20-15/h6-8,20H,2-5,9H2,1H3,(H,18,23)(H,19,21,22). The van der Waals surface area contributed by atoms with Gasteiger partial charge in [-0.1, -0.05) is 0 Å². The zero-order valence-electron chi connectivity index (χ0n) is 13.1. The Bertz CT molecular complexity index is 876. The van der Waals surface area contributed by atoms with Crippen LogP contribution in [0.25, 0.3) is 10.9 Å². The van der Waals surface area contributed by atoms with Crippen LogP contribution in [0.3, 0.4) is 0 Å². The number of aromatic amines is 2. The minimum absolute atomic E-state index is 0.0971. The van der Waals surface area contributed by atoms with Crippen molar-refractivity contribution in [3.63, 3.8) is 0 Å². The van der Waals surface area contributed by atoms with Crippen molar-refractivity contribution in [2.24, 2.45) is 0 Å². The van der Waals surface area contributed by atoms with Crippen LogP contribution in [-0.4, -0.2) is 26.1 Å². The van der Waals surface area contributed by atoms with Crippen molar-refractivity contribution in [1.29, 1.82) is 0 Å². The molecule has 0 spiro atoms. The number of carbonyl (C=O) groups excluding carboxylic acids is 1. The van der Waals surface area contributed by atoms with Gasteiger partial charge in [0.25, 0.3) is 5.91 Å². The average molecular weight is 309 g/mol. The van der Waals surface area contributed by atoms with Gasteiger partial charge in [0.15, 0.2) is 5.82 Å². The second-order valence-corrected chi connectivity index (χ2v) is 6.07. The molecule has 0 fully saturated rings. The molecule has 3 aromatic rings. The Morgan fingerprint density at radius 3 is 3.00 bits per heavy atom. The summed E-state index contributed by atoms with van der Waals surface area (Å²) in [6.07, 6.45) is 4.66. The summed E-state index contributed by atoms with van der Waals surface area (Å²) in [7, 11) is 0. The van der Waals surface area contributed by atoms with Crippen LogP contribution in [0.4, 0.5) is 0 Å². The highest BCUT2D eigenvalue weighted by Gasteiger charge is 2.16. The van der Waals surface area contributed by atoms with Crippen molar-refractivity contribution in [2.75, 3.05) is 0 Å². The maximum Gasteiger partial charge on any atom is 0.251 e. The van der Waals surface area contributed by atoms with E-state index in [2.05, 4.69) is 25.5 Å². The van der Waals surface area contributed by atoms with Gasteiger partial charge in [-0.15, -0.1) is 0 Å².